The Kier molecular flexibility index (Phi) is 6.22. The van der Waals surface area contributed by atoms with E-state index in [1.165, 1.54) is 23.2 Å². The van der Waals surface area contributed by atoms with Gasteiger partial charge < -0.3 is 15.1 Å². The fourth-order valence-corrected chi connectivity index (χ4v) is 3.53. The van der Waals surface area contributed by atoms with Crippen LogP contribution in [0.5, 0.6) is 0 Å². The second-order valence-corrected chi connectivity index (χ2v) is 7.67. The molecule has 2 aromatic rings. The van der Waals surface area contributed by atoms with Crippen LogP contribution in [0.15, 0.2) is 30.5 Å². The van der Waals surface area contributed by atoms with E-state index in [2.05, 4.69) is 40.3 Å². The lowest BCUT2D eigenvalue weighted by Crippen LogP contribution is -2.35. The molecule has 1 N–H and O–H groups in total. The summed E-state index contributed by atoms with van der Waals surface area (Å²) in [6, 6.07) is 8.08. The summed E-state index contributed by atoms with van der Waals surface area (Å²) in [5.41, 5.74) is 4.13. The van der Waals surface area contributed by atoms with Crippen molar-refractivity contribution >= 4 is 29.0 Å². The van der Waals surface area contributed by atoms with Crippen molar-refractivity contribution in [3.63, 3.8) is 0 Å². The summed E-state index contributed by atoms with van der Waals surface area (Å²) >= 11 is 6.38. The number of anilines is 2. The number of carbonyl (C=O) groups is 1. The molecule has 27 heavy (non-hydrogen) atoms. The van der Waals surface area contributed by atoms with Crippen molar-refractivity contribution < 1.29 is 4.79 Å². The van der Waals surface area contributed by atoms with Crippen molar-refractivity contribution in [3.05, 3.63) is 52.2 Å². The first-order valence-electron chi connectivity index (χ1n) is 9.41. The van der Waals surface area contributed by atoms with Gasteiger partial charge in [-0.2, -0.15) is 0 Å². The van der Waals surface area contributed by atoms with E-state index in [0.29, 0.717) is 22.9 Å². The van der Waals surface area contributed by atoms with Crippen molar-refractivity contribution in [2.24, 2.45) is 0 Å². The van der Waals surface area contributed by atoms with Crippen molar-refractivity contribution in [3.8, 4) is 0 Å². The number of aromatic nitrogens is 1. The number of nitrogens with zero attached hydrogens (tertiary/aromatic N) is 3. The third kappa shape index (κ3) is 4.72. The highest BCUT2D eigenvalue weighted by molar-refractivity contribution is 6.33. The van der Waals surface area contributed by atoms with Crippen LogP contribution < -0.4 is 10.2 Å². The molecule has 0 aliphatic carbocycles. The van der Waals surface area contributed by atoms with Gasteiger partial charge in [-0.25, -0.2) is 4.98 Å². The highest BCUT2D eigenvalue weighted by atomic mass is 35.5. The van der Waals surface area contributed by atoms with Crippen LogP contribution >= 0.6 is 11.6 Å². The van der Waals surface area contributed by atoms with E-state index in [1.54, 1.807) is 12.3 Å². The van der Waals surface area contributed by atoms with Gasteiger partial charge in [-0.15, -0.1) is 0 Å². The highest BCUT2D eigenvalue weighted by Gasteiger charge is 2.19. The number of benzene rings is 1. The van der Waals surface area contributed by atoms with Gasteiger partial charge >= 0.3 is 0 Å². The Labute approximate surface area is 166 Å². The molecule has 0 spiro atoms. The van der Waals surface area contributed by atoms with Crippen molar-refractivity contribution in [2.75, 3.05) is 37.4 Å². The van der Waals surface area contributed by atoms with E-state index in [-0.39, 0.29) is 5.91 Å². The molecule has 0 saturated carbocycles. The number of rotatable bonds is 5. The Balaban J connectivity index is 1.67. The van der Waals surface area contributed by atoms with E-state index in [1.807, 2.05) is 19.0 Å². The van der Waals surface area contributed by atoms with Crippen molar-refractivity contribution in [1.29, 1.82) is 0 Å². The summed E-state index contributed by atoms with van der Waals surface area (Å²) in [6.07, 6.45) is 4.95. The standard InChI is InChI=1S/C21H27ClN4O/c1-15-11-18(25(2)3)8-7-16(15)13-23-20-19(22)12-17(14-24-20)21(27)26-9-5-4-6-10-26/h7-8,11-12,14H,4-6,9-10,13H2,1-3H3,(H,23,24). The van der Waals surface area contributed by atoms with Gasteiger partial charge in [-0.1, -0.05) is 17.7 Å². The summed E-state index contributed by atoms with van der Waals surface area (Å²) in [4.78, 5) is 20.9. The lowest BCUT2D eigenvalue weighted by atomic mass is 10.1. The molecule has 6 heteroatoms. The summed E-state index contributed by atoms with van der Waals surface area (Å²) in [7, 11) is 4.06. The second-order valence-electron chi connectivity index (χ2n) is 7.27. The second kappa shape index (κ2) is 8.61. The van der Waals surface area contributed by atoms with Crippen LogP contribution in [0.25, 0.3) is 0 Å². The number of carbonyl (C=O) groups excluding carboxylic acids is 1. The SMILES string of the molecule is Cc1cc(N(C)C)ccc1CNc1ncc(C(=O)N2CCCCC2)cc1Cl. The van der Waals surface area contributed by atoms with Crippen LogP contribution in [0, 0.1) is 6.92 Å². The topological polar surface area (TPSA) is 48.5 Å². The zero-order valence-corrected chi connectivity index (χ0v) is 17.0. The first-order valence-corrected chi connectivity index (χ1v) is 9.79. The quantitative estimate of drug-likeness (QED) is 0.830. The number of likely N-dealkylation sites (tertiary alicyclic amines) is 1. The predicted octanol–water partition coefficient (Wildman–Crippen LogP) is 4.35. The predicted molar refractivity (Wildman–Crippen MR) is 112 cm³/mol. The Morgan fingerprint density at radius 3 is 2.59 bits per heavy atom. The number of hydrogen-bond acceptors (Lipinski definition) is 4. The summed E-state index contributed by atoms with van der Waals surface area (Å²) in [5, 5.41) is 3.76. The molecular weight excluding hydrogens is 360 g/mol. The lowest BCUT2D eigenvalue weighted by Gasteiger charge is -2.26. The highest BCUT2D eigenvalue weighted by Crippen LogP contribution is 2.24. The maximum absolute atomic E-state index is 12.6. The molecule has 1 aliphatic heterocycles. The number of nitrogens with one attached hydrogen (secondary N) is 1. The summed E-state index contributed by atoms with van der Waals surface area (Å²) in [5.74, 6) is 0.619. The van der Waals surface area contributed by atoms with Crippen molar-refractivity contribution in [1.82, 2.24) is 9.88 Å². The summed E-state index contributed by atoms with van der Waals surface area (Å²) < 4.78 is 0. The molecule has 3 rings (SSSR count). The maximum Gasteiger partial charge on any atom is 0.255 e. The molecule has 0 atom stereocenters. The van der Waals surface area contributed by atoms with Gasteiger partial charge in [0.2, 0.25) is 0 Å². The minimum Gasteiger partial charge on any atom is -0.378 e. The summed E-state index contributed by atoms with van der Waals surface area (Å²) in [6.45, 7) is 4.36. The Bertz CT molecular complexity index is 816. The number of piperidine rings is 1. The first-order chi connectivity index (χ1) is 13.0. The van der Waals surface area contributed by atoms with E-state index in [4.69, 9.17) is 11.6 Å². The molecule has 1 aliphatic rings. The van der Waals surface area contributed by atoms with E-state index in [0.717, 1.165) is 25.9 Å². The molecule has 144 valence electrons. The molecule has 1 fully saturated rings. The molecule has 1 amide bonds. The fourth-order valence-electron chi connectivity index (χ4n) is 3.30. The van der Waals surface area contributed by atoms with Gasteiger partial charge in [0.05, 0.1) is 10.6 Å². The van der Waals surface area contributed by atoms with Gasteiger partial charge in [0.15, 0.2) is 0 Å². The smallest absolute Gasteiger partial charge is 0.255 e. The molecular formula is C21H27ClN4O. The van der Waals surface area contributed by atoms with Crippen molar-refractivity contribution in [2.45, 2.75) is 32.7 Å². The molecule has 0 unspecified atom stereocenters. The molecule has 1 aromatic heterocycles. The number of amides is 1. The third-order valence-electron chi connectivity index (χ3n) is 5.02. The van der Waals surface area contributed by atoms with Crippen LogP contribution in [0.2, 0.25) is 5.02 Å². The fraction of sp³-hybridized carbons (Fsp3) is 0.429. The molecule has 5 nitrogen and oxygen atoms in total. The molecule has 0 radical (unpaired) electrons. The largest absolute Gasteiger partial charge is 0.378 e. The molecule has 2 heterocycles. The first kappa shape index (κ1) is 19.5. The van der Waals surface area contributed by atoms with Gasteiger partial charge in [0.1, 0.15) is 5.82 Å². The van der Waals surface area contributed by atoms with Gasteiger partial charge in [-0.05, 0) is 55.5 Å². The van der Waals surface area contributed by atoms with E-state index < -0.39 is 0 Å². The average molecular weight is 387 g/mol. The maximum atomic E-state index is 12.6. The average Bonchev–Trinajstić information content (AvgIpc) is 2.67. The zero-order chi connectivity index (χ0) is 19.4. The van der Waals surface area contributed by atoms with Gasteiger partial charge in [-0.3, -0.25) is 4.79 Å². The Hall–Kier alpha value is -2.27. The minimum absolute atomic E-state index is 0.0192. The van der Waals surface area contributed by atoms with Crippen LogP contribution in [-0.2, 0) is 6.54 Å². The van der Waals surface area contributed by atoms with Crippen LogP contribution in [0.4, 0.5) is 11.5 Å². The van der Waals surface area contributed by atoms with Crippen LogP contribution in [0.1, 0.15) is 40.7 Å². The van der Waals surface area contributed by atoms with Gasteiger partial charge in [0.25, 0.3) is 5.91 Å². The number of pyridine rings is 1. The van der Waals surface area contributed by atoms with E-state index >= 15 is 0 Å². The Morgan fingerprint density at radius 1 is 1.22 bits per heavy atom. The third-order valence-corrected chi connectivity index (χ3v) is 5.31. The normalized spacial score (nSPS) is 14.1. The van der Waals surface area contributed by atoms with Gasteiger partial charge in [0, 0.05) is 45.6 Å². The number of halogens is 1. The van der Waals surface area contributed by atoms with E-state index in [9.17, 15) is 4.79 Å². The molecule has 0 bridgehead atoms. The molecule has 1 aromatic carbocycles. The molecule has 1 saturated heterocycles. The number of hydrogen-bond donors (Lipinski definition) is 1. The minimum atomic E-state index is 0.0192. The lowest BCUT2D eigenvalue weighted by molar-refractivity contribution is 0.0724. The number of aryl methyl sites for hydroxylation is 1. The Morgan fingerprint density at radius 2 is 1.96 bits per heavy atom. The van der Waals surface area contributed by atoms with Crippen LogP contribution in [0.3, 0.4) is 0 Å². The monoisotopic (exact) mass is 386 g/mol. The zero-order valence-electron chi connectivity index (χ0n) is 16.3. The van der Waals surface area contributed by atoms with Crippen LogP contribution in [-0.4, -0.2) is 43.0 Å².